The van der Waals surface area contributed by atoms with Crippen molar-refractivity contribution in [1.29, 1.82) is 0 Å². The van der Waals surface area contributed by atoms with Crippen molar-refractivity contribution in [3.8, 4) is 17.2 Å². The van der Waals surface area contributed by atoms with Crippen LogP contribution in [-0.4, -0.2) is 56.2 Å². The van der Waals surface area contributed by atoms with Gasteiger partial charge in [-0.25, -0.2) is 0 Å². The van der Waals surface area contributed by atoms with Gasteiger partial charge in [0, 0.05) is 11.6 Å². The van der Waals surface area contributed by atoms with E-state index in [4.69, 9.17) is 25.8 Å². The standard InChI is InChI=1S/C27H25ClF3N3O5/c28-18-9-10-22-21(15-18)33-26(36)17-34(11-12-37-13-14-38-23-7-3-4-8-24(23)39-22)16-25(35)32-20-6-2-1-5-19(20)27(29,30)31/h1-10,15H,11-14,16-17H2,(H,32,35)(H,33,36). The average molecular weight is 564 g/mol. The highest BCUT2D eigenvalue weighted by atomic mass is 35.5. The van der Waals surface area contributed by atoms with Gasteiger partial charge in [-0.3, -0.25) is 14.5 Å². The molecule has 0 aromatic heterocycles. The molecule has 206 valence electrons. The molecule has 0 bridgehead atoms. The fourth-order valence-electron chi connectivity index (χ4n) is 3.81. The number of nitrogens with zero attached hydrogens (tertiary/aromatic N) is 1. The van der Waals surface area contributed by atoms with Crippen molar-refractivity contribution < 1.29 is 37.0 Å². The summed E-state index contributed by atoms with van der Waals surface area (Å²) in [5.74, 6) is -0.0146. The maximum atomic E-state index is 13.3. The quantitative estimate of drug-likeness (QED) is 0.441. The molecular formula is C27H25ClF3N3O5. The second-order valence-corrected chi connectivity index (χ2v) is 8.94. The molecule has 0 saturated carbocycles. The summed E-state index contributed by atoms with van der Waals surface area (Å²) >= 11 is 6.15. The van der Waals surface area contributed by atoms with E-state index in [1.165, 1.54) is 29.2 Å². The van der Waals surface area contributed by atoms with Gasteiger partial charge in [-0.15, -0.1) is 0 Å². The van der Waals surface area contributed by atoms with Gasteiger partial charge in [0.2, 0.25) is 11.8 Å². The van der Waals surface area contributed by atoms with E-state index in [-0.39, 0.29) is 50.8 Å². The van der Waals surface area contributed by atoms with E-state index in [0.29, 0.717) is 22.3 Å². The Morgan fingerprint density at radius 1 is 0.974 bits per heavy atom. The molecule has 0 unspecified atom stereocenters. The van der Waals surface area contributed by atoms with Crippen LogP contribution in [0.4, 0.5) is 24.5 Å². The zero-order valence-corrected chi connectivity index (χ0v) is 21.3. The first-order chi connectivity index (χ1) is 18.7. The number of carbonyl (C=O) groups excluding carboxylic acids is 2. The van der Waals surface area contributed by atoms with Gasteiger partial charge >= 0.3 is 6.18 Å². The number of ether oxygens (including phenoxy) is 3. The summed E-state index contributed by atoms with van der Waals surface area (Å²) < 4.78 is 57.4. The van der Waals surface area contributed by atoms with Crippen LogP contribution in [0.15, 0.2) is 66.7 Å². The minimum Gasteiger partial charge on any atom is -0.487 e. The van der Waals surface area contributed by atoms with Gasteiger partial charge in [0.15, 0.2) is 17.2 Å². The van der Waals surface area contributed by atoms with Crippen LogP contribution < -0.4 is 20.1 Å². The number of hydrogen-bond acceptors (Lipinski definition) is 6. The third-order valence-corrected chi connectivity index (χ3v) is 5.80. The maximum Gasteiger partial charge on any atom is 0.418 e. The van der Waals surface area contributed by atoms with E-state index in [0.717, 1.165) is 6.07 Å². The topological polar surface area (TPSA) is 89.1 Å². The molecule has 0 spiro atoms. The number of halogens is 4. The second-order valence-electron chi connectivity index (χ2n) is 8.50. The van der Waals surface area contributed by atoms with Gasteiger partial charge in [0.05, 0.1) is 43.2 Å². The van der Waals surface area contributed by atoms with E-state index in [9.17, 15) is 22.8 Å². The molecular weight excluding hydrogens is 539 g/mol. The molecule has 39 heavy (non-hydrogen) atoms. The molecule has 0 aliphatic carbocycles. The van der Waals surface area contributed by atoms with Gasteiger partial charge in [-0.2, -0.15) is 13.2 Å². The average Bonchev–Trinajstić information content (AvgIpc) is 2.88. The van der Waals surface area contributed by atoms with E-state index >= 15 is 0 Å². The molecule has 3 aromatic rings. The number of anilines is 2. The number of benzene rings is 3. The number of para-hydroxylation sites is 3. The molecule has 8 nitrogen and oxygen atoms in total. The lowest BCUT2D eigenvalue weighted by atomic mass is 10.1. The van der Waals surface area contributed by atoms with E-state index in [2.05, 4.69) is 10.6 Å². The first-order valence-corrected chi connectivity index (χ1v) is 12.3. The monoisotopic (exact) mass is 563 g/mol. The van der Waals surface area contributed by atoms with Crippen molar-refractivity contribution in [3.05, 3.63) is 77.3 Å². The largest absolute Gasteiger partial charge is 0.487 e. The Morgan fingerprint density at radius 3 is 2.51 bits per heavy atom. The Morgan fingerprint density at radius 2 is 1.72 bits per heavy atom. The number of carbonyl (C=O) groups is 2. The van der Waals surface area contributed by atoms with Crippen molar-refractivity contribution >= 4 is 34.8 Å². The highest BCUT2D eigenvalue weighted by Crippen LogP contribution is 2.37. The molecule has 0 fully saturated rings. The van der Waals surface area contributed by atoms with Gasteiger partial charge in [-0.1, -0.05) is 35.9 Å². The Kier molecular flexibility index (Phi) is 9.28. The number of fused-ring (bicyclic) bond motifs is 2. The summed E-state index contributed by atoms with van der Waals surface area (Å²) in [7, 11) is 0. The summed E-state index contributed by atoms with van der Waals surface area (Å²) in [5.41, 5.74) is -1.05. The van der Waals surface area contributed by atoms with Crippen molar-refractivity contribution in [2.45, 2.75) is 6.18 Å². The van der Waals surface area contributed by atoms with E-state index < -0.39 is 23.6 Å². The Hall–Kier alpha value is -3.80. The van der Waals surface area contributed by atoms with E-state index in [1.54, 1.807) is 36.4 Å². The lowest BCUT2D eigenvalue weighted by Gasteiger charge is -2.22. The molecule has 2 amide bonds. The predicted octanol–water partition coefficient (Wildman–Crippen LogP) is 5.44. The number of amides is 2. The molecule has 0 atom stereocenters. The summed E-state index contributed by atoms with van der Waals surface area (Å²) in [6, 6.07) is 16.4. The number of hydrogen-bond donors (Lipinski definition) is 2. The molecule has 3 aromatic carbocycles. The Balaban J connectivity index is 1.51. The van der Waals surface area contributed by atoms with Crippen LogP contribution in [0.5, 0.6) is 17.2 Å². The number of alkyl halides is 3. The normalized spacial score (nSPS) is 15.3. The van der Waals surface area contributed by atoms with Crippen LogP contribution in [0.1, 0.15) is 5.56 Å². The fraction of sp³-hybridized carbons (Fsp3) is 0.259. The van der Waals surface area contributed by atoms with Crippen LogP contribution in [0, 0.1) is 0 Å². The minimum absolute atomic E-state index is 0.142. The smallest absolute Gasteiger partial charge is 0.418 e. The SMILES string of the molecule is O=C1CN(CC(=O)Nc2ccccc2C(F)(F)F)CCOCCOc2ccccc2Oc2ccc(Cl)cc2N1. The highest BCUT2D eigenvalue weighted by Gasteiger charge is 2.33. The van der Waals surface area contributed by atoms with Crippen molar-refractivity contribution in [2.24, 2.45) is 0 Å². The van der Waals surface area contributed by atoms with Crippen molar-refractivity contribution in [3.63, 3.8) is 0 Å². The number of nitrogens with one attached hydrogen (secondary N) is 2. The van der Waals surface area contributed by atoms with Crippen molar-refractivity contribution in [1.82, 2.24) is 4.90 Å². The molecule has 1 heterocycles. The van der Waals surface area contributed by atoms with Crippen molar-refractivity contribution in [2.75, 3.05) is 50.1 Å². The van der Waals surface area contributed by atoms with Gasteiger partial charge in [-0.05, 0) is 42.5 Å². The molecule has 1 aliphatic rings. The minimum atomic E-state index is -4.64. The third kappa shape index (κ3) is 8.09. The summed E-state index contributed by atoms with van der Waals surface area (Å²) in [6.07, 6.45) is -4.64. The Labute approximate surface area is 227 Å². The summed E-state index contributed by atoms with van der Waals surface area (Å²) in [5, 5.41) is 5.38. The van der Waals surface area contributed by atoms with Crippen LogP contribution in [0.25, 0.3) is 0 Å². The summed E-state index contributed by atoms with van der Waals surface area (Å²) in [6.45, 7) is 0.104. The summed E-state index contributed by atoms with van der Waals surface area (Å²) in [4.78, 5) is 27.1. The van der Waals surface area contributed by atoms with Crippen LogP contribution in [0.2, 0.25) is 5.02 Å². The van der Waals surface area contributed by atoms with Crippen LogP contribution in [-0.2, 0) is 20.5 Å². The zero-order chi connectivity index (χ0) is 27.8. The fourth-order valence-corrected chi connectivity index (χ4v) is 3.98. The molecule has 12 heteroatoms. The van der Waals surface area contributed by atoms with Gasteiger partial charge in [0.1, 0.15) is 6.61 Å². The number of rotatable bonds is 3. The first kappa shape index (κ1) is 28.2. The first-order valence-electron chi connectivity index (χ1n) is 11.9. The molecule has 1 aliphatic heterocycles. The zero-order valence-electron chi connectivity index (χ0n) is 20.6. The maximum absolute atomic E-state index is 13.3. The lowest BCUT2D eigenvalue weighted by Crippen LogP contribution is -2.41. The Bertz CT molecular complexity index is 1320. The second kappa shape index (κ2) is 12.8. The molecule has 2 N–H and O–H groups in total. The van der Waals surface area contributed by atoms with E-state index in [1.807, 2.05) is 0 Å². The highest BCUT2D eigenvalue weighted by molar-refractivity contribution is 6.31. The van der Waals surface area contributed by atoms with Gasteiger partial charge in [0.25, 0.3) is 0 Å². The van der Waals surface area contributed by atoms with Crippen LogP contribution >= 0.6 is 11.6 Å². The van der Waals surface area contributed by atoms with Crippen LogP contribution in [0.3, 0.4) is 0 Å². The van der Waals surface area contributed by atoms with Gasteiger partial charge < -0.3 is 24.8 Å². The lowest BCUT2D eigenvalue weighted by molar-refractivity contribution is -0.137. The molecule has 0 radical (unpaired) electrons. The molecule has 0 saturated heterocycles. The predicted molar refractivity (Wildman–Crippen MR) is 139 cm³/mol. The third-order valence-electron chi connectivity index (χ3n) is 5.56. The molecule has 4 rings (SSSR count).